The summed E-state index contributed by atoms with van der Waals surface area (Å²) < 4.78 is 51.6. The molecule has 0 bridgehead atoms. The molecule has 3 heterocycles. The molecule has 6 rings (SSSR count). The summed E-state index contributed by atoms with van der Waals surface area (Å²) in [5.74, 6) is -1.000. The fourth-order valence-corrected chi connectivity index (χ4v) is 6.21. The molecule has 1 N–H and O–H groups in total. The van der Waals surface area contributed by atoms with Crippen LogP contribution in [0.15, 0.2) is 36.4 Å². The number of alkyl halides is 1. The van der Waals surface area contributed by atoms with Crippen molar-refractivity contribution in [1.82, 2.24) is 14.8 Å². The number of nitrogens with one attached hydrogen (secondary N) is 1. The number of fused-ring (bicyclic) bond motifs is 3. The molecule has 2 atom stereocenters. The molecule has 4 nitrogen and oxygen atoms in total. The molecule has 3 aliphatic rings. The monoisotopic (exact) mass is 511 g/mol. The smallest absolute Gasteiger partial charge is 0.135 e. The number of benzene rings is 2. The Hall–Kier alpha value is -2.51. The van der Waals surface area contributed by atoms with Gasteiger partial charge < -0.3 is 9.72 Å². The number of rotatable bonds is 9. The molecule has 0 amide bonds. The summed E-state index contributed by atoms with van der Waals surface area (Å²) in [5.41, 5.74) is 2.47. The first-order chi connectivity index (χ1) is 17.9. The highest BCUT2D eigenvalue weighted by molar-refractivity contribution is 5.85. The molecule has 2 fully saturated rings. The summed E-state index contributed by atoms with van der Waals surface area (Å²) in [5, 5.41) is 1.08. The van der Waals surface area contributed by atoms with Crippen LogP contribution in [-0.2, 0) is 6.42 Å². The van der Waals surface area contributed by atoms with E-state index in [1.165, 1.54) is 12.1 Å². The maximum Gasteiger partial charge on any atom is 0.135 e. The summed E-state index contributed by atoms with van der Waals surface area (Å²) in [4.78, 5) is 7.89. The minimum atomic E-state index is -0.655. The van der Waals surface area contributed by atoms with Crippen molar-refractivity contribution < 1.29 is 17.9 Å². The van der Waals surface area contributed by atoms with Gasteiger partial charge in [-0.15, -0.1) is 0 Å². The molecule has 0 unspecified atom stereocenters. The van der Waals surface area contributed by atoms with Crippen molar-refractivity contribution >= 4 is 10.9 Å². The summed E-state index contributed by atoms with van der Waals surface area (Å²) in [7, 11) is 0. The Morgan fingerprint density at radius 2 is 1.84 bits per heavy atom. The quantitative estimate of drug-likeness (QED) is 0.361. The third-order valence-electron chi connectivity index (χ3n) is 8.66. The van der Waals surface area contributed by atoms with Crippen LogP contribution in [0.4, 0.5) is 13.2 Å². The van der Waals surface area contributed by atoms with Gasteiger partial charge in [-0.25, -0.2) is 8.78 Å². The van der Waals surface area contributed by atoms with E-state index in [9.17, 15) is 4.39 Å². The Bertz CT molecular complexity index is 1260. The molecular formula is C30H36F3N3O. The largest absolute Gasteiger partial charge is 0.488 e. The lowest BCUT2D eigenvalue weighted by Gasteiger charge is -2.43. The normalized spacial score (nSPS) is 23.7. The zero-order valence-corrected chi connectivity index (χ0v) is 21.7. The lowest BCUT2D eigenvalue weighted by molar-refractivity contribution is 0.0189. The highest BCUT2D eigenvalue weighted by atomic mass is 19.1. The Balaban J connectivity index is 1.34. The zero-order valence-electron chi connectivity index (χ0n) is 21.7. The van der Waals surface area contributed by atoms with E-state index in [1.54, 1.807) is 0 Å². The van der Waals surface area contributed by atoms with Crippen molar-refractivity contribution in [3.05, 3.63) is 64.9 Å². The molecule has 1 aliphatic carbocycles. The van der Waals surface area contributed by atoms with Crippen LogP contribution in [0, 0.1) is 17.0 Å². The Labute approximate surface area is 216 Å². The van der Waals surface area contributed by atoms with Gasteiger partial charge in [-0.05, 0) is 50.8 Å². The average molecular weight is 512 g/mol. The third kappa shape index (κ3) is 4.54. The molecule has 1 saturated carbocycles. The van der Waals surface area contributed by atoms with Crippen LogP contribution < -0.4 is 4.74 Å². The first-order valence-corrected chi connectivity index (χ1v) is 13.7. The Morgan fingerprint density at radius 1 is 1.11 bits per heavy atom. The van der Waals surface area contributed by atoms with Gasteiger partial charge in [-0.3, -0.25) is 14.2 Å². The number of aromatic nitrogens is 1. The van der Waals surface area contributed by atoms with Crippen molar-refractivity contribution in [3.63, 3.8) is 0 Å². The third-order valence-corrected chi connectivity index (χ3v) is 8.66. The second-order valence-corrected chi connectivity index (χ2v) is 11.5. The number of hydrogen-bond donors (Lipinski definition) is 1. The number of hydrogen-bond acceptors (Lipinski definition) is 3. The highest BCUT2D eigenvalue weighted by Gasteiger charge is 2.48. The molecule has 1 aromatic heterocycles. The van der Waals surface area contributed by atoms with Crippen LogP contribution >= 0.6 is 0 Å². The van der Waals surface area contributed by atoms with E-state index in [4.69, 9.17) is 4.74 Å². The Kier molecular flexibility index (Phi) is 6.48. The number of likely N-dealkylation sites (tertiary alicyclic amines) is 1. The fourth-order valence-electron chi connectivity index (χ4n) is 6.21. The molecule has 0 radical (unpaired) electrons. The van der Waals surface area contributed by atoms with Gasteiger partial charge in [0, 0.05) is 65.4 Å². The predicted octanol–water partition coefficient (Wildman–Crippen LogP) is 6.39. The number of ether oxygens (including phenoxy) is 1. The van der Waals surface area contributed by atoms with Gasteiger partial charge in [0.1, 0.15) is 23.5 Å². The molecular weight excluding hydrogens is 475 g/mol. The number of aromatic amines is 1. The van der Waals surface area contributed by atoms with E-state index in [2.05, 4.69) is 34.7 Å². The summed E-state index contributed by atoms with van der Waals surface area (Å²) >= 11 is 0. The average Bonchev–Trinajstić information content (AvgIpc) is 3.54. The van der Waals surface area contributed by atoms with Crippen molar-refractivity contribution in [2.24, 2.45) is 5.41 Å². The van der Waals surface area contributed by atoms with Crippen molar-refractivity contribution in [1.29, 1.82) is 0 Å². The van der Waals surface area contributed by atoms with E-state index >= 15 is 8.78 Å². The topological polar surface area (TPSA) is 31.5 Å². The molecule has 1 saturated heterocycles. The molecule has 7 heteroatoms. The predicted molar refractivity (Wildman–Crippen MR) is 140 cm³/mol. The lowest BCUT2D eigenvalue weighted by Crippen LogP contribution is -2.53. The summed E-state index contributed by atoms with van der Waals surface area (Å²) in [6, 6.07) is 10.0. The van der Waals surface area contributed by atoms with Gasteiger partial charge in [0.2, 0.25) is 0 Å². The van der Waals surface area contributed by atoms with Crippen LogP contribution in [0.3, 0.4) is 0 Å². The van der Waals surface area contributed by atoms with Gasteiger partial charge in [0.05, 0.1) is 12.7 Å². The maximum atomic E-state index is 15.8. The van der Waals surface area contributed by atoms with Gasteiger partial charge in [0.25, 0.3) is 0 Å². The fraction of sp³-hybridized carbons (Fsp3) is 0.533. The number of unbranched alkanes of at least 4 members (excludes halogenated alkanes) is 1. The molecule has 198 valence electrons. The second-order valence-electron chi connectivity index (χ2n) is 11.5. The number of H-pyrrole nitrogens is 1. The van der Waals surface area contributed by atoms with Gasteiger partial charge in [0.15, 0.2) is 0 Å². The standard InChI is InChI=1S/C30H36F3N3O/c1-3-4-11-35-15-21(16-35)37-20-13-24(32)27(25(33)14-20)29-28-23(22-7-5-6-8-26(22)34-28)12-19(2)36(29)18-30(17-31)9-10-30/h5-8,13-14,19,21,29,34H,3-4,9-12,15-18H2,1-2H3/t19-,29-/m1/s1. The number of halogens is 3. The minimum Gasteiger partial charge on any atom is -0.488 e. The molecule has 0 spiro atoms. The van der Waals surface area contributed by atoms with E-state index in [0.29, 0.717) is 6.54 Å². The van der Waals surface area contributed by atoms with Crippen LogP contribution in [0.2, 0.25) is 0 Å². The van der Waals surface area contributed by atoms with Gasteiger partial charge in [-0.1, -0.05) is 31.5 Å². The van der Waals surface area contributed by atoms with E-state index in [-0.39, 0.29) is 23.5 Å². The van der Waals surface area contributed by atoms with Crippen LogP contribution in [0.5, 0.6) is 5.75 Å². The summed E-state index contributed by atoms with van der Waals surface area (Å²) in [6.45, 7) is 6.91. The van der Waals surface area contributed by atoms with Crippen LogP contribution in [0.25, 0.3) is 10.9 Å². The molecule has 37 heavy (non-hydrogen) atoms. The number of nitrogens with zero attached hydrogens (tertiary/aromatic N) is 2. The number of para-hydroxylation sites is 1. The second kappa shape index (κ2) is 9.66. The molecule has 2 aliphatic heterocycles. The zero-order chi connectivity index (χ0) is 25.7. The first-order valence-electron chi connectivity index (χ1n) is 13.7. The van der Waals surface area contributed by atoms with E-state index in [1.807, 2.05) is 18.2 Å². The first kappa shape index (κ1) is 24.8. The molecule has 2 aromatic carbocycles. The van der Waals surface area contributed by atoms with Gasteiger partial charge in [-0.2, -0.15) is 0 Å². The SMILES string of the molecule is CCCCN1CC(Oc2cc(F)c([C@@H]3c4[nH]c5ccccc5c4C[C@@H](C)N3CC3(CF)CC3)c(F)c2)C1. The molecule has 3 aromatic rings. The van der Waals surface area contributed by atoms with Crippen LogP contribution in [-0.4, -0.2) is 59.8 Å². The minimum absolute atomic E-state index is 0.0135. The van der Waals surface area contributed by atoms with Crippen molar-refractivity contribution in [3.8, 4) is 5.75 Å². The maximum absolute atomic E-state index is 15.8. The Morgan fingerprint density at radius 3 is 2.51 bits per heavy atom. The van der Waals surface area contributed by atoms with E-state index in [0.717, 1.165) is 73.9 Å². The highest BCUT2D eigenvalue weighted by Crippen LogP contribution is 2.51. The van der Waals surface area contributed by atoms with Crippen LogP contribution in [0.1, 0.15) is 62.4 Å². The lowest BCUT2D eigenvalue weighted by atomic mass is 9.87. The van der Waals surface area contributed by atoms with Gasteiger partial charge >= 0.3 is 0 Å². The van der Waals surface area contributed by atoms with Crippen molar-refractivity contribution in [2.75, 3.05) is 32.9 Å². The van der Waals surface area contributed by atoms with Crippen molar-refractivity contribution in [2.45, 2.75) is 64.1 Å². The summed E-state index contributed by atoms with van der Waals surface area (Å²) in [6.07, 6.45) is 4.61. The van der Waals surface area contributed by atoms with E-state index < -0.39 is 29.8 Å².